The van der Waals surface area contributed by atoms with Crippen LogP contribution in [0.25, 0.3) is 0 Å². The monoisotopic (exact) mass is 211 g/mol. The maximum Gasteiger partial charge on any atom is 0.201 e. The number of rotatable bonds is 8. The van der Waals surface area contributed by atoms with E-state index in [1.165, 1.54) is 39.8 Å². The highest BCUT2D eigenvalue weighted by Gasteiger charge is 2.22. The van der Waals surface area contributed by atoms with Gasteiger partial charge in [-0.05, 0) is 30.8 Å². The van der Waals surface area contributed by atoms with E-state index in [9.17, 15) is 0 Å². The van der Waals surface area contributed by atoms with Crippen molar-refractivity contribution in [3.63, 3.8) is 0 Å². The third kappa shape index (κ3) is 7.00. The molecule has 0 fully saturated rings. The Bertz CT molecular complexity index is 153. The van der Waals surface area contributed by atoms with Crippen LogP contribution in [0.3, 0.4) is 0 Å². The Morgan fingerprint density at radius 2 is 1.87 bits per heavy atom. The van der Waals surface area contributed by atoms with Gasteiger partial charge in [0.05, 0.1) is 0 Å². The lowest BCUT2D eigenvalue weighted by Crippen LogP contribution is -2.36. The molecule has 1 unspecified atom stereocenters. The molecule has 0 aliphatic carbocycles. The SMILES string of the molecule is CBN(CC)CC(C)(C)CC(C)CCC. The standard InChI is InChI=1S/C13H30BN/c1-7-9-12(3)10-13(4,5)11-15(8-2)14-6/h12,14H,7-11H2,1-6H3. The third-order valence-electron chi connectivity index (χ3n) is 3.23. The average molecular weight is 211 g/mol. The van der Waals surface area contributed by atoms with Crippen LogP contribution in [0.4, 0.5) is 0 Å². The Kier molecular flexibility index (Phi) is 7.34. The van der Waals surface area contributed by atoms with Crippen LogP contribution in [0, 0.1) is 11.3 Å². The molecular weight excluding hydrogens is 181 g/mol. The molecule has 0 aliphatic rings. The van der Waals surface area contributed by atoms with E-state index in [0.717, 1.165) is 5.92 Å². The van der Waals surface area contributed by atoms with Crippen LogP contribution in [0.15, 0.2) is 0 Å². The smallest absolute Gasteiger partial charge is 0.201 e. The zero-order chi connectivity index (χ0) is 11.9. The molecule has 0 radical (unpaired) electrons. The van der Waals surface area contributed by atoms with Gasteiger partial charge in [-0.25, -0.2) is 0 Å². The van der Waals surface area contributed by atoms with Crippen LogP contribution in [0.2, 0.25) is 6.82 Å². The molecule has 0 aromatic rings. The van der Waals surface area contributed by atoms with Crippen LogP contribution in [-0.4, -0.2) is 25.3 Å². The predicted molar refractivity (Wildman–Crippen MR) is 72.7 cm³/mol. The molecule has 0 saturated heterocycles. The van der Waals surface area contributed by atoms with Crippen molar-refractivity contribution in [3.05, 3.63) is 0 Å². The Hall–Kier alpha value is 0.0249. The molecule has 2 heteroatoms. The van der Waals surface area contributed by atoms with Crippen molar-refractivity contribution >= 4 is 7.41 Å². The minimum absolute atomic E-state index is 0.473. The summed E-state index contributed by atoms with van der Waals surface area (Å²) in [5, 5.41) is 0. The third-order valence-corrected chi connectivity index (χ3v) is 3.23. The lowest BCUT2D eigenvalue weighted by molar-refractivity contribution is 0.213. The summed E-state index contributed by atoms with van der Waals surface area (Å²) in [7, 11) is 1.18. The number of hydrogen-bond donors (Lipinski definition) is 0. The molecule has 1 atom stereocenters. The van der Waals surface area contributed by atoms with Crippen molar-refractivity contribution in [2.45, 2.75) is 60.7 Å². The van der Waals surface area contributed by atoms with Crippen LogP contribution in [0.1, 0.15) is 53.9 Å². The Morgan fingerprint density at radius 1 is 1.27 bits per heavy atom. The summed E-state index contributed by atoms with van der Waals surface area (Å²) in [5.74, 6) is 0.876. The van der Waals surface area contributed by atoms with Crippen molar-refractivity contribution in [2.75, 3.05) is 13.1 Å². The highest BCUT2D eigenvalue weighted by molar-refractivity contribution is 6.29. The molecule has 0 aliphatic heterocycles. The van der Waals surface area contributed by atoms with Crippen LogP contribution < -0.4 is 0 Å². The summed E-state index contributed by atoms with van der Waals surface area (Å²) in [5.41, 5.74) is 0.473. The lowest BCUT2D eigenvalue weighted by Gasteiger charge is -2.33. The van der Waals surface area contributed by atoms with E-state index in [4.69, 9.17) is 0 Å². The molecule has 0 bridgehead atoms. The zero-order valence-electron chi connectivity index (χ0n) is 11.8. The second kappa shape index (κ2) is 7.32. The minimum Gasteiger partial charge on any atom is -0.345 e. The number of hydrogen-bond acceptors (Lipinski definition) is 1. The summed E-state index contributed by atoms with van der Waals surface area (Å²) in [6, 6.07) is 0. The molecule has 15 heavy (non-hydrogen) atoms. The lowest BCUT2D eigenvalue weighted by atomic mass is 9.79. The normalized spacial score (nSPS) is 14.3. The quantitative estimate of drug-likeness (QED) is 0.555. The van der Waals surface area contributed by atoms with Crippen LogP contribution >= 0.6 is 0 Å². The van der Waals surface area contributed by atoms with E-state index in [1.54, 1.807) is 0 Å². The average Bonchev–Trinajstić information content (AvgIpc) is 2.13. The van der Waals surface area contributed by atoms with Gasteiger partial charge in [-0.2, -0.15) is 0 Å². The zero-order valence-corrected chi connectivity index (χ0v) is 11.8. The molecule has 0 saturated carbocycles. The minimum atomic E-state index is 0.473. The van der Waals surface area contributed by atoms with E-state index in [0.29, 0.717) is 5.41 Å². The van der Waals surface area contributed by atoms with Crippen molar-refractivity contribution in [1.29, 1.82) is 0 Å². The van der Waals surface area contributed by atoms with E-state index in [2.05, 4.69) is 46.3 Å². The Morgan fingerprint density at radius 3 is 2.27 bits per heavy atom. The molecule has 1 nitrogen and oxygen atoms in total. The molecule has 0 aromatic heterocycles. The van der Waals surface area contributed by atoms with Gasteiger partial charge in [0.25, 0.3) is 0 Å². The van der Waals surface area contributed by atoms with Crippen LogP contribution in [-0.2, 0) is 0 Å². The van der Waals surface area contributed by atoms with E-state index in [-0.39, 0.29) is 0 Å². The Balaban J connectivity index is 4.04. The van der Waals surface area contributed by atoms with Gasteiger partial charge in [-0.3, -0.25) is 0 Å². The molecule has 0 heterocycles. The van der Waals surface area contributed by atoms with Crippen molar-refractivity contribution < 1.29 is 0 Å². The first-order chi connectivity index (χ1) is 6.95. The first kappa shape index (κ1) is 15.0. The first-order valence-corrected chi connectivity index (χ1v) is 6.67. The number of nitrogens with zero attached hydrogens (tertiary/aromatic N) is 1. The molecule has 0 rings (SSSR count). The fraction of sp³-hybridized carbons (Fsp3) is 1.00. The maximum atomic E-state index is 2.54. The van der Waals surface area contributed by atoms with Gasteiger partial charge in [0, 0.05) is 0 Å². The van der Waals surface area contributed by atoms with Crippen molar-refractivity contribution in [1.82, 2.24) is 4.81 Å². The summed E-state index contributed by atoms with van der Waals surface area (Å²) in [6.45, 7) is 16.5. The van der Waals surface area contributed by atoms with Crippen molar-refractivity contribution in [2.24, 2.45) is 11.3 Å². The topological polar surface area (TPSA) is 3.24 Å². The van der Waals surface area contributed by atoms with E-state index < -0.39 is 0 Å². The van der Waals surface area contributed by atoms with Gasteiger partial charge in [0.1, 0.15) is 0 Å². The second-order valence-corrected chi connectivity index (χ2v) is 5.72. The van der Waals surface area contributed by atoms with E-state index >= 15 is 0 Å². The van der Waals surface area contributed by atoms with Gasteiger partial charge >= 0.3 is 0 Å². The van der Waals surface area contributed by atoms with Gasteiger partial charge in [-0.15, -0.1) is 0 Å². The molecule has 0 N–H and O–H groups in total. The van der Waals surface area contributed by atoms with Crippen LogP contribution in [0.5, 0.6) is 0 Å². The van der Waals surface area contributed by atoms with Gasteiger partial charge in [0.2, 0.25) is 7.41 Å². The summed E-state index contributed by atoms with van der Waals surface area (Å²) in [4.78, 5) is 2.54. The second-order valence-electron chi connectivity index (χ2n) is 5.72. The predicted octanol–water partition coefficient (Wildman–Crippen LogP) is 3.56. The van der Waals surface area contributed by atoms with Gasteiger partial charge in [-0.1, -0.05) is 54.3 Å². The highest BCUT2D eigenvalue weighted by Crippen LogP contribution is 2.28. The Labute approximate surface area is 97.9 Å². The molecular formula is C13H30BN. The summed E-state index contributed by atoms with van der Waals surface area (Å²) < 4.78 is 0. The van der Waals surface area contributed by atoms with Gasteiger partial charge in [0.15, 0.2) is 0 Å². The molecule has 90 valence electrons. The van der Waals surface area contributed by atoms with Gasteiger partial charge < -0.3 is 4.81 Å². The first-order valence-electron chi connectivity index (χ1n) is 6.67. The summed E-state index contributed by atoms with van der Waals surface area (Å²) >= 11 is 0. The molecule has 0 amide bonds. The molecule has 0 spiro atoms. The molecule has 0 aromatic carbocycles. The fourth-order valence-corrected chi connectivity index (χ4v) is 2.66. The largest absolute Gasteiger partial charge is 0.345 e. The van der Waals surface area contributed by atoms with E-state index in [1.807, 2.05) is 0 Å². The fourth-order valence-electron chi connectivity index (χ4n) is 2.66. The summed E-state index contributed by atoms with van der Waals surface area (Å²) in [6.07, 6.45) is 4.06. The van der Waals surface area contributed by atoms with Crippen molar-refractivity contribution in [3.8, 4) is 0 Å². The maximum absolute atomic E-state index is 2.54. The highest BCUT2D eigenvalue weighted by atomic mass is 15.0.